The molecule has 0 rings (SSSR count). The van der Waals surface area contributed by atoms with Gasteiger partial charge in [0.1, 0.15) is 1.12 Å². The normalized spacial score (nSPS) is 11.1. The minimum Gasteiger partial charge on any atom is -0.481 e. The summed E-state index contributed by atoms with van der Waals surface area (Å²) in [6.45, 7) is 0.219. The van der Waals surface area contributed by atoms with E-state index < -0.39 is 23.5 Å². The second-order valence-electron chi connectivity index (χ2n) is 33.3. The van der Waals surface area contributed by atoms with Gasteiger partial charge in [0.2, 0.25) is 5.24 Å². The minimum absolute atomic E-state index is 0.0796. The van der Waals surface area contributed by atoms with Crippen molar-refractivity contribution in [3.8, 4) is 0 Å². The minimum atomic E-state index is -1.36. The monoisotopic (exact) mass is 1730 g/mol. The van der Waals surface area contributed by atoms with Gasteiger partial charge < -0.3 is 34.6 Å². The first kappa shape index (κ1) is 124. The van der Waals surface area contributed by atoms with Gasteiger partial charge in [-0.15, -0.1) is 0 Å². The van der Waals surface area contributed by atoms with Crippen LogP contribution < -0.4 is 0 Å². The number of esters is 3. The van der Waals surface area contributed by atoms with E-state index in [9.17, 15) is 46.1 Å². The molecule has 0 fully saturated rings. The van der Waals surface area contributed by atoms with Crippen LogP contribution in [0.1, 0.15) is 539 Å². The molecule has 14 nitrogen and oxygen atoms in total. The zero-order chi connectivity index (χ0) is 88.8. The Morgan fingerprint density at radius 2 is 0.373 bits per heavy atom. The van der Waals surface area contributed by atoms with Crippen LogP contribution in [0.3, 0.4) is 0 Å². The first-order chi connectivity index (χ1) is 58.1. The number of aliphatic carboxylic acids is 2. The molecule has 1 unspecified atom stereocenters. The fourth-order valence-corrected chi connectivity index (χ4v) is 14.7. The van der Waals surface area contributed by atoms with Crippen molar-refractivity contribution in [2.45, 2.75) is 539 Å². The molecule has 0 aromatic heterocycles. The molecule has 19 heteroatoms. The molecule has 0 spiro atoms. The van der Waals surface area contributed by atoms with E-state index in [0.717, 1.165) is 141 Å². The Morgan fingerprint density at radius 3 is 0.508 bits per heavy atom. The number of methoxy groups -OCH3 is 3. The van der Waals surface area contributed by atoms with Gasteiger partial charge in [0.05, 0.1) is 41.4 Å². The van der Waals surface area contributed by atoms with Crippen LogP contribution in [0, 0.1) is 0 Å². The summed E-state index contributed by atoms with van der Waals surface area (Å²) >= 11 is 3.91. The Labute approximate surface area is 735 Å². The molecule has 708 valence electrons. The molecule has 0 saturated carbocycles. The maximum absolute atomic E-state index is 11.9. The van der Waals surface area contributed by atoms with Gasteiger partial charge in [0.25, 0.3) is 0 Å². The molecule has 0 aromatic carbocycles. The van der Waals surface area contributed by atoms with E-state index in [-0.39, 0.29) is 43.2 Å². The Hall–Kier alpha value is -2.83. The summed E-state index contributed by atoms with van der Waals surface area (Å²) < 4.78 is 66.8. The summed E-state index contributed by atoms with van der Waals surface area (Å²) in [6, 6.07) is 0. The molecule has 0 aromatic rings. The predicted molar refractivity (Wildman–Crippen MR) is 497 cm³/mol. The van der Waals surface area contributed by atoms with Crippen molar-refractivity contribution in [3.63, 3.8) is 0 Å². The summed E-state index contributed by atoms with van der Waals surface area (Å²) in [5, 5.41) is 34.1. The number of aliphatic hydroxyl groups is 2. The van der Waals surface area contributed by atoms with Gasteiger partial charge in [0, 0.05) is 69.1 Å². The fraction of sp³-hybridized carbons (Fsp3) is 0.939. The third-order valence-electron chi connectivity index (χ3n) is 21.9. The maximum atomic E-state index is 11.9. The summed E-state index contributed by atoms with van der Waals surface area (Å²) in [6.07, 6.45) is 96.7. The van der Waals surface area contributed by atoms with Gasteiger partial charge in [-0.05, 0) is 88.7 Å². The average molecular weight is 1740 g/mol. The van der Waals surface area contributed by atoms with Gasteiger partial charge in [-0.1, -0.05) is 424 Å². The van der Waals surface area contributed by atoms with E-state index in [1.807, 2.05) is 0 Å². The number of carbonyl (C=O) groups excluding carboxylic acids is 4. The predicted octanol–water partition coefficient (Wildman–Crippen LogP) is 31.0. The van der Waals surface area contributed by atoms with Gasteiger partial charge in [-0.2, -0.15) is 0 Å². The maximum Gasteiger partial charge on any atom is 0.305 e. The zero-order valence-corrected chi connectivity index (χ0v) is 79.0. The number of alkyl halides is 3. The fourth-order valence-electron chi connectivity index (χ4n) is 14.3. The van der Waals surface area contributed by atoms with Crippen LogP contribution in [-0.2, 0) is 54.5 Å². The first-order valence-electron chi connectivity index (χ1n) is 50.1. The van der Waals surface area contributed by atoms with Crippen LogP contribution in [0.2, 0.25) is 0 Å². The number of hydrogen-bond acceptors (Lipinski definition) is 12. The van der Waals surface area contributed by atoms with Crippen molar-refractivity contribution in [3.05, 3.63) is 0 Å². The molecule has 1 atom stereocenters. The molecule has 0 aliphatic carbocycles. The molecular formula is C99H194ClF3O14S. The number of halogens is 4. The van der Waals surface area contributed by atoms with E-state index in [1.54, 1.807) is 0 Å². The van der Waals surface area contributed by atoms with Crippen molar-refractivity contribution in [1.29, 1.82) is 1.12 Å². The number of thiol groups is 1. The van der Waals surface area contributed by atoms with Crippen molar-refractivity contribution < 1.29 is 80.8 Å². The van der Waals surface area contributed by atoms with Crippen molar-refractivity contribution in [1.82, 2.24) is 0 Å². The largest absolute Gasteiger partial charge is 0.481 e. The highest BCUT2D eigenvalue weighted by molar-refractivity contribution is 7.65. The lowest BCUT2D eigenvalue weighted by molar-refractivity contribution is -0.141. The molecule has 0 aliphatic heterocycles. The van der Waals surface area contributed by atoms with Gasteiger partial charge in [0.15, 0.2) is 0 Å². The third-order valence-corrected chi connectivity index (χ3v) is 22.6. The Bertz CT molecular complexity index is 1850. The summed E-state index contributed by atoms with van der Waals surface area (Å²) in [4.78, 5) is 63.8. The Morgan fingerprint density at radius 1 is 0.237 bits per heavy atom. The van der Waals surface area contributed by atoms with Crippen LogP contribution in [0.15, 0.2) is 0 Å². The van der Waals surface area contributed by atoms with Crippen LogP contribution in [0.4, 0.5) is 13.2 Å². The SMILES string of the molecule is COC(=O)CCCCCCCCCCCCCCCF.COC(=O)CCCCCCCCCCCCCCCO.O=C(Cl)CCCCCCCCCCCCCCCF.O=C(O)CCCCCCCCCCCCCCCF.O=C(O)CCCCCCCCCCCCCCCO.[3H]S(=O)CCCCCCCCCCCCCCCC(=O)OC. The Kier molecular flexibility index (Phi) is 129. The molecule has 0 bridgehead atoms. The number of carboxylic acid groups (broad SMARTS) is 2. The van der Waals surface area contributed by atoms with Crippen molar-refractivity contribution in [2.75, 3.05) is 60.3 Å². The number of carboxylic acids is 2. The number of rotatable bonds is 91. The lowest BCUT2D eigenvalue weighted by Gasteiger charge is -2.03. The quantitative estimate of drug-likeness (QED) is 0.0125. The number of carbonyl (C=O) groups is 6. The summed E-state index contributed by atoms with van der Waals surface area (Å²) in [5.74, 6) is -1.06. The summed E-state index contributed by atoms with van der Waals surface area (Å²) in [5.41, 5.74) is 0. The molecule has 0 saturated heterocycles. The zero-order valence-electron chi connectivity index (χ0n) is 78.4. The molecule has 0 amide bonds. The first-order valence-corrected chi connectivity index (χ1v) is 51.0. The highest BCUT2D eigenvalue weighted by Crippen LogP contribution is 2.21. The molecule has 0 radical (unpaired) electrons. The second kappa shape index (κ2) is 123. The Balaban J connectivity index is -0.000000322. The number of aliphatic hydroxyl groups excluding tert-OH is 2. The van der Waals surface area contributed by atoms with E-state index in [4.69, 9.17) is 33.2 Å². The van der Waals surface area contributed by atoms with Crippen LogP contribution in [0.25, 0.3) is 0 Å². The number of ether oxygens (including phenoxy) is 3. The molecule has 118 heavy (non-hydrogen) atoms. The van der Waals surface area contributed by atoms with Crippen LogP contribution in [-0.4, -0.2) is 121 Å². The van der Waals surface area contributed by atoms with Gasteiger partial charge in [-0.25, -0.2) is 0 Å². The van der Waals surface area contributed by atoms with Crippen LogP contribution in [0.5, 0.6) is 0 Å². The highest BCUT2D eigenvalue weighted by atomic mass is 35.5. The van der Waals surface area contributed by atoms with E-state index in [1.165, 1.54) is 381 Å². The number of hydrogen-bond donors (Lipinski definition) is 5. The smallest absolute Gasteiger partial charge is 0.305 e. The molecule has 0 aliphatic rings. The number of unbranched alkanes of at least 4 members (excludes halogenated alkanes) is 72. The molecular weight excluding hydrogens is 1540 g/mol. The molecule has 0 heterocycles. The van der Waals surface area contributed by atoms with Crippen LogP contribution >= 0.6 is 11.6 Å². The lowest BCUT2D eigenvalue weighted by Crippen LogP contribution is -1.99. The highest BCUT2D eigenvalue weighted by Gasteiger charge is 2.06. The van der Waals surface area contributed by atoms with E-state index in [0.29, 0.717) is 57.5 Å². The van der Waals surface area contributed by atoms with Gasteiger partial charge in [-0.3, -0.25) is 46.1 Å². The average Bonchev–Trinajstić information content (AvgIpc) is 1.13. The third kappa shape index (κ3) is 142. The van der Waals surface area contributed by atoms with Crippen molar-refractivity contribution in [2.24, 2.45) is 0 Å². The molecule has 4 N–H and O–H groups in total. The second-order valence-corrected chi connectivity index (χ2v) is 34.3. The van der Waals surface area contributed by atoms with E-state index in [2.05, 4.69) is 14.2 Å². The summed E-state index contributed by atoms with van der Waals surface area (Å²) in [7, 11) is 4.35. The topological polar surface area (TPSA) is 228 Å². The van der Waals surface area contributed by atoms with Gasteiger partial charge >= 0.3 is 29.8 Å². The van der Waals surface area contributed by atoms with E-state index >= 15 is 0 Å². The standard InChI is InChI=1S/C17H33FO2.C17H34O3S.C17H34O3.C16H30ClFO.C16H31FO2.C16H32O3/c1-20-17(19)15-13-11-9-7-5-3-2-4-6-8-10-12-14-16-18;1-20-17(18)15-13-11-9-7-5-3-2-4-6-8-10-12-14-16-21-19;1-20-17(19)15-13-11-9-7-5-3-2-4-6-8-10-12-14-16-18;17-16(19)14-12-10-8-6-4-2-1-3-5-7-9-11-13-15-18;2*17-15-13-11-9-7-5-3-1-2-4-6-8-10-12-14-16(18)19/h2-16H2,1H3;21H,2-16H2,1H3;18H,2-16H2,1H3;1-15H2;1-15H2,(H,18,19);17H,1-15H2,(H,18,19)/i;21T;;;;. The lowest BCUT2D eigenvalue weighted by atomic mass is 10.0. The van der Waals surface area contributed by atoms with Crippen molar-refractivity contribution >= 4 is 58.3 Å².